The summed E-state index contributed by atoms with van der Waals surface area (Å²) in [6, 6.07) is -0.888. The number of hydrogen-bond donors (Lipinski definition) is 3. The van der Waals surface area contributed by atoms with Gasteiger partial charge in [-0.3, -0.25) is 4.79 Å². The number of amides is 1. The number of ether oxygens (including phenoxy) is 1. The fourth-order valence-electron chi connectivity index (χ4n) is 1.47. The first-order valence-electron chi connectivity index (χ1n) is 5.98. The highest BCUT2D eigenvalue weighted by Gasteiger charge is 2.21. The number of rotatable bonds is 9. The molecule has 0 radical (unpaired) electrons. The van der Waals surface area contributed by atoms with Crippen molar-refractivity contribution in [2.75, 3.05) is 26.8 Å². The number of carbonyl (C=O) groups is 2. The summed E-state index contributed by atoms with van der Waals surface area (Å²) in [4.78, 5) is 21.7. The van der Waals surface area contributed by atoms with Gasteiger partial charge in [-0.25, -0.2) is 4.79 Å². The zero-order valence-electron chi connectivity index (χ0n) is 11.6. The van der Waals surface area contributed by atoms with E-state index in [1.165, 1.54) is 6.92 Å². The second-order valence-corrected chi connectivity index (χ2v) is 5.13. The molecule has 0 spiro atoms. The maximum Gasteiger partial charge on any atom is 0.327 e. The fourth-order valence-corrected chi connectivity index (χ4v) is 1.47. The molecule has 0 aromatic carbocycles. The van der Waals surface area contributed by atoms with Crippen molar-refractivity contribution in [2.24, 2.45) is 5.41 Å². The molecule has 0 aliphatic heterocycles. The third-order valence-electron chi connectivity index (χ3n) is 2.61. The van der Waals surface area contributed by atoms with E-state index in [9.17, 15) is 9.59 Å². The van der Waals surface area contributed by atoms with Gasteiger partial charge < -0.3 is 20.5 Å². The van der Waals surface area contributed by atoms with Crippen LogP contribution in [0.3, 0.4) is 0 Å². The molecule has 6 nitrogen and oxygen atoms in total. The molecule has 0 bridgehead atoms. The Balaban J connectivity index is 4.05. The summed E-state index contributed by atoms with van der Waals surface area (Å²) in [6.07, 6.45) is 0.883. The first kappa shape index (κ1) is 16.9. The molecule has 106 valence electrons. The number of carbonyl (C=O) groups excluding carboxylic acids is 1. The zero-order valence-corrected chi connectivity index (χ0v) is 11.6. The van der Waals surface area contributed by atoms with Gasteiger partial charge in [0.2, 0.25) is 5.91 Å². The molecule has 0 heterocycles. The van der Waals surface area contributed by atoms with Crippen molar-refractivity contribution in [3.8, 4) is 0 Å². The number of nitrogens with one attached hydrogen (secondary N) is 2. The van der Waals surface area contributed by atoms with Gasteiger partial charge in [-0.1, -0.05) is 13.8 Å². The minimum Gasteiger partial charge on any atom is -0.480 e. The minimum absolute atomic E-state index is 0.0231. The van der Waals surface area contributed by atoms with Crippen molar-refractivity contribution >= 4 is 11.9 Å². The summed E-state index contributed by atoms with van der Waals surface area (Å²) < 4.78 is 5.02. The Bertz CT molecular complexity index is 279. The Kier molecular flexibility index (Phi) is 7.54. The third-order valence-corrected chi connectivity index (χ3v) is 2.61. The molecular formula is C12H24N2O4. The van der Waals surface area contributed by atoms with E-state index in [-0.39, 0.29) is 17.9 Å². The average Bonchev–Trinajstić information content (AvgIpc) is 2.24. The van der Waals surface area contributed by atoms with Crippen LogP contribution < -0.4 is 10.6 Å². The Hall–Kier alpha value is -1.14. The highest BCUT2D eigenvalue weighted by Crippen LogP contribution is 2.18. The van der Waals surface area contributed by atoms with Gasteiger partial charge in [0.1, 0.15) is 6.04 Å². The quantitative estimate of drug-likeness (QED) is 0.552. The molecule has 0 saturated heterocycles. The van der Waals surface area contributed by atoms with Crippen LogP contribution in [0.1, 0.15) is 27.2 Å². The number of methoxy groups -OCH3 is 1. The van der Waals surface area contributed by atoms with Crippen LogP contribution >= 0.6 is 0 Å². The van der Waals surface area contributed by atoms with Gasteiger partial charge in [-0.2, -0.15) is 0 Å². The van der Waals surface area contributed by atoms with Crippen LogP contribution in [0.25, 0.3) is 0 Å². The van der Waals surface area contributed by atoms with Crippen LogP contribution in [-0.4, -0.2) is 49.8 Å². The predicted molar refractivity (Wildman–Crippen MR) is 68.4 cm³/mol. The lowest BCUT2D eigenvalue weighted by atomic mass is 9.89. The van der Waals surface area contributed by atoms with Gasteiger partial charge >= 0.3 is 5.97 Å². The van der Waals surface area contributed by atoms with E-state index < -0.39 is 12.0 Å². The molecule has 0 saturated carbocycles. The molecule has 0 fully saturated rings. The van der Waals surface area contributed by atoms with Gasteiger partial charge in [-0.15, -0.1) is 0 Å². The normalized spacial score (nSPS) is 13.1. The molecule has 1 amide bonds. The fraction of sp³-hybridized carbons (Fsp3) is 0.833. The van der Waals surface area contributed by atoms with Crippen molar-refractivity contribution in [3.05, 3.63) is 0 Å². The van der Waals surface area contributed by atoms with Gasteiger partial charge in [0.15, 0.2) is 0 Å². The molecule has 1 unspecified atom stereocenters. The zero-order chi connectivity index (χ0) is 14.2. The highest BCUT2D eigenvalue weighted by atomic mass is 16.5. The van der Waals surface area contributed by atoms with Crippen molar-refractivity contribution in [1.82, 2.24) is 10.6 Å². The number of carboxylic acids is 1. The number of carboxylic acid groups (broad SMARTS) is 1. The lowest BCUT2D eigenvalue weighted by molar-refractivity contribution is -0.141. The largest absolute Gasteiger partial charge is 0.480 e. The predicted octanol–water partition coefficient (Wildman–Crippen LogP) is 0.228. The average molecular weight is 260 g/mol. The number of aliphatic carboxylic acids is 1. The van der Waals surface area contributed by atoms with E-state index in [2.05, 4.69) is 24.5 Å². The minimum atomic E-state index is -1.03. The van der Waals surface area contributed by atoms with Crippen molar-refractivity contribution in [2.45, 2.75) is 33.2 Å². The first-order chi connectivity index (χ1) is 8.28. The summed E-state index contributed by atoms with van der Waals surface area (Å²) >= 11 is 0. The molecule has 0 aliphatic carbocycles. The molecular weight excluding hydrogens is 236 g/mol. The summed E-state index contributed by atoms with van der Waals surface area (Å²) in [5.41, 5.74) is 0.0231. The molecule has 18 heavy (non-hydrogen) atoms. The van der Waals surface area contributed by atoms with Gasteiger partial charge in [0.25, 0.3) is 0 Å². The van der Waals surface area contributed by atoms with E-state index in [1.807, 2.05) is 0 Å². The molecule has 0 aromatic rings. The lowest BCUT2D eigenvalue weighted by Crippen LogP contribution is -2.48. The molecule has 3 N–H and O–H groups in total. The summed E-state index contributed by atoms with van der Waals surface area (Å²) in [6.45, 7) is 7.01. The van der Waals surface area contributed by atoms with Crippen molar-refractivity contribution in [1.29, 1.82) is 0 Å². The molecule has 0 rings (SSSR count). The lowest BCUT2D eigenvalue weighted by Gasteiger charge is -2.25. The van der Waals surface area contributed by atoms with Crippen LogP contribution in [0.15, 0.2) is 0 Å². The molecule has 1 atom stereocenters. The van der Waals surface area contributed by atoms with Crippen LogP contribution in [-0.2, 0) is 14.3 Å². The Labute approximate surface area is 108 Å². The summed E-state index contributed by atoms with van der Waals surface area (Å²) in [5.74, 6) is -1.38. The SMILES string of the molecule is COCCC(C)(C)CNCC(NC(C)=O)C(=O)O. The molecule has 6 heteroatoms. The van der Waals surface area contributed by atoms with E-state index in [0.717, 1.165) is 6.42 Å². The third kappa shape index (κ3) is 8.03. The topological polar surface area (TPSA) is 87.7 Å². The summed E-state index contributed by atoms with van der Waals surface area (Å²) in [5, 5.41) is 14.4. The maximum atomic E-state index is 10.9. The Morgan fingerprint density at radius 1 is 1.39 bits per heavy atom. The van der Waals surface area contributed by atoms with Crippen molar-refractivity contribution < 1.29 is 19.4 Å². The van der Waals surface area contributed by atoms with Gasteiger partial charge in [0.05, 0.1) is 0 Å². The van der Waals surface area contributed by atoms with Gasteiger partial charge in [-0.05, 0) is 11.8 Å². The Morgan fingerprint density at radius 3 is 2.44 bits per heavy atom. The van der Waals surface area contributed by atoms with E-state index >= 15 is 0 Å². The Morgan fingerprint density at radius 2 is 2.00 bits per heavy atom. The van der Waals surface area contributed by atoms with Gasteiger partial charge in [0, 0.05) is 33.7 Å². The van der Waals surface area contributed by atoms with E-state index in [4.69, 9.17) is 9.84 Å². The first-order valence-corrected chi connectivity index (χ1v) is 5.98. The number of hydrogen-bond acceptors (Lipinski definition) is 4. The smallest absolute Gasteiger partial charge is 0.327 e. The van der Waals surface area contributed by atoms with Crippen molar-refractivity contribution in [3.63, 3.8) is 0 Å². The van der Waals surface area contributed by atoms with Crippen LogP contribution in [0.5, 0.6) is 0 Å². The van der Waals surface area contributed by atoms with E-state index in [0.29, 0.717) is 13.2 Å². The molecule has 0 aromatic heterocycles. The summed E-state index contributed by atoms with van der Waals surface area (Å²) in [7, 11) is 1.65. The maximum absolute atomic E-state index is 10.9. The van der Waals surface area contributed by atoms with E-state index in [1.54, 1.807) is 7.11 Å². The monoisotopic (exact) mass is 260 g/mol. The van der Waals surface area contributed by atoms with Crippen LogP contribution in [0, 0.1) is 5.41 Å². The second kappa shape index (κ2) is 8.05. The second-order valence-electron chi connectivity index (χ2n) is 5.13. The highest BCUT2D eigenvalue weighted by molar-refractivity contribution is 5.82. The van der Waals surface area contributed by atoms with Crippen LogP contribution in [0.2, 0.25) is 0 Å². The molecule has 0 aliphatic rings. The standard InChI is InChI=1S/C12H24N2O4/c1-9(15)14-10(11(16)17)7-13-8-12(2,3)5-6-18-4/h10,13H,5-8H2,1-4H3,(H,14,15)(H,16,17). The van der Waals surface area contributed by atoms with Crippen LogP contribution in [0.4, 0.5) is 0 Å².